The molecule has 0 spiro atoms. The first kappa shape index (κ1) is 26.2. The molecule has 196 valence electrons. The van der Waals surface area contributed by atoms with Gasteiger partial charge in [-0.2, -0.15) is 0 Å². The van der Waals surface area contributed by atoms with Crippen LogP contribution in [0.2, 0.25) is 10.0 Å². The maximum atomic E-state index is 15.3. The SMILES string of the molecule is CN(Cc1ccc(Cl)cc1)C(=O)c1cn(Cc2ccc(Cl)cc2)c2cc(N3CCOCC3)c(F)cc2c1=O. The lowest BCUT2D eigenvalue weighted by Gasteiger charge is -2.29. The van der Waals surface area contributed by atoms with Gasteiger partial charge in [-0.25, -0.2) is 4.39 Å². The molecule has 9 heteroatoms. The monoisotopic (exact) mass is 553 g/mol. The summed E-state index contributed by atoms with van der Waals surface area (Å²) in [5.41, 5.74) is 2.21. The quantitative estimate of drug-likeness (QED) is 0.311. The number of ether oxygens (including phenoxy) is 1. The second-order valence-corrected chi connectivity index (χ2v) is 10.2. The van der Waals surface area contributed by atoms with Gasteiger partial charge in [-0.3, -0.25) is 9.59 Å². The zero-order valence-corrected chi connectivity index (χ0v) is 22.3. The number of anilines is 1. The summed E-state index contributed by atoms with van der Waals surface area (Å²) in [6.45, 7) is 2.76. The Morgan fingerprint density at radius 1 is 0.974 bits per heavy atom. The zero-order valence-electron chi connectivity index (χ0n) is 20.8. The average Bonchev–Trinajstić information content (AvgIpc) is 2.92. The summed E-state index contributed by atoms with van der Waals surface area (Å²) < 4.78 is 22.6. The summed E-state index contributed by atoms with van der Waals surface area (Å²) in [7, 11) is 1.63. The molecule has 4 aromatic rings. The van der Waals surface area contributed by atoms with E-state index in [9.17, 15) is 9.59 Å². The van der Waals surface area contributed by atoms with Crippen molar-refractivity contribution in [1.29, 1.82) is 0 Å². The highest BCUT2D eigenvalue weighted by molar-refractivity contribution is 6.30. The second-order valence-electron chi connectivity index (χ2n) is 9.33. The van der Waals surface area contributed by atoms with Gasteiger partial charge in [-0.15, -0.1) is 0 Å². The number of aromatic nitrogens is 1. The number of fused-ring (bicyclic) bond motifs is 1. The molecule has 1 aliphatic heterocycles. The van der Waals surface area contributed by atoms with E-state index in [4.69, 9.17) is 27.9 Å². The van der Waals surface area contributed by atoms with Gasteiger partial charge in [-0.05, 0) is 47.5 Å². The van der Waals surface area contributed by atoms with Crippen molar-refractivity contribution in [1.82, 2.24) is 9.47 Å². The Morgan fingerprint density at radius 2 is 1.58 bits per heavy atom. The fraction of sp³-hybridized carbons (Fsp3) is 0.241. The van der Waals surface area contributed by atoms with Crippen molar-refractivity contribution < 1.29 is 13.9 Å². The molecular weight excluding hydrogens is 528 g/mol. The van der Waals surface area contributed by atoms with Crippen LogP contribution in [0.25, 0.3) is 10.9 Å². The molecule has 1 aromatic heterocycles. The Kier molecular flexibility index (Phi) is 7.70. The van der Waals surface area contributed by atoms with E-state index < -0.39 is 17.2 Å². The molecule has 38 heavy (non-hydrogen) atoms. The fourth-order valence-electron chi connectivity index (χ4n) is 4.66. The van der Waals surface area contributed by atoms with Gasteiger partial charge >= 0.3 is 0 Å². The lowest BCUT2D eigenvalue weighted by atomic mass is 10.1. The van der Waals surface area contributed by atoms with E-state index in [0.717, 1.165) is 11.1 Å². The Labute approximate surface area is 229 Å². The third kappa shape index (κ3) is 5.55. The van der Waals surface area contributed by atoms with Gasteiger partial charge in [0.1, 0.15) is 11.4 Å². The number of carbonyl (C=O) groups is 1. The van der Waals surface area contributed by atoms with Gasteiger partial charge in [0.2, 0.25) is 5.43 Å². The van der Waals surface area contributed by atoms with Crippen molar-refractivity contribution in [2.24, 2.45) is 0 Å². The molecule has 0 bridgehead atoms. The van der Waals surface area contributed by atoms with Crippen LogP contribution in [-0.2, 0) is 17.8 Å². The normalized spacial score (nSPS) is 13.6. The minimum Gasteiger partial charge on any atom is -0.378 e. The molecule has 0 atom stereocenters. The number of nitrogens with zero attached hydrogens (tertiary/aromatic N) is 3. The van der Waals surface area contributed by atoms with Crippen LogP contribution in [0.3, 0.4) is 0 Å². The van der Waals surface area contributed by atoms with E-state index in [1.165, 1.54) is 11.0 Å². The molecular formula is C29H26Cl2FN3O3. The highest BCUT2D eigenvalue weighted by Crippen LogP contribution is 2.27. The summed E-state index contributed by atoms with van der Waals surface area (Å²) in [4.78, 5) is 30.4. The predicted octanol–water partition coefficient (Wildman–Crippen LogP) is 5.60. The molecule has 0 unspecified atom stereocenters. The molecule has 6 nitrogen and oxygen atoms in total. The molecule has 1 aliphatic rings. The highest BCUT2D eigenvalue weighted by atomic mass is 35.5. The van der Waals surface area contributed by atoms with Crippen molar-refractivity contribution in [3.05, 3.63) is 110 Å². The molecule has 1 amide bonds. The maximum Gasteiger partial charge on any atom is 0.259 e. The number of hydrogen-bond acceptors (Lipinski definition) is 4. The molecule has 1 saturated heterocycles. The minimum atomic E-state index is -0.507. The van der Waals surface area contributed by atoms with E-state index in [1.807, 2.05) is 33.7 Å². The maximum absolute atomic E-state index is 15.3. The van der Waals surface area contributed by atoms with E-state index in [1.54, 1.807) is 43.6 Å². The summed E-state index contributed by atoms with van der Waals surface area (Å²) in [6, 6.07) is 17.4. The van der Waals surface area contributed by atoms with Crippen molar-refractivity contribution >= 4 is 45.7 Å². The van der Waals surface area contributed by atoms with Gasteiger partial charge in [0.05, 0.1) is 24.4 Å². The van der Waals surface area contributed by atoms with Crippen LogP contribution in [0, 0.1) is 5.82 Å². The highest BCUT2D eigenvalue weighted by Gasteiger charge is 2.23. The van der Waals surface area contributed by atoms with Crippen LogP contribution >= 0.6 is 23.2 Å². The van der Waals surface area contributed by atoms with Gasteiger partial charge in [0.15, 0.2) is 0 Å². The molecule has 3 aromatic carbocycles. The largest absolute Gasteiger partial charge is 0.378 e. The third-order valence-electron chi connectivity index (χ3n) is 6.68. The zero-order chi connectivity index (χ0) is 26.8. The molecule has 5 rings (SSSR count). The van der Waals surface area contributed by atoms with Crippen LogP contribution in [0.5, 0.6) is 0 Å². The van der Waals surface area contributed by atoms with E-state index in [0.29, 0.717) is 54.1 Å². The van der Waals surface area contributed by atoms with Crippen molar-refractivity contribution in [2.75, 3.05) is 38.3 Å². The summed E-state index contributed by atoms with van der Waals surface area (Å²) in [6.07, 6.45) is 1.57. The Balaban J connectivity index is 1.59. The van der Waals surface area contributed by atoms with Gasteiger partial charge in [0, 0.05) is 54.9 Å². The number of pyridine rings is 1. The molecule has 2 heterocycles. The Morgan fingerprint density at radius 3 is 2.21 bits per heavy atom. The van der Waals surface area contributed by atoms with Gasteiger partial charge < -0.3 is 19.1 Å². The minimum absolute atomic E-state index is 0.0264. The smallest absolute Gasteiger partial charge is 0.259 e. The Bertz CT molecular complexity index is 1530. The first-order valence-electron chi connectivity index (χ1n) is 12.2. The number of hydrogen-bond donors (Lipinski definition) is 0. The van der Waals surface area contributed by atoms with E-state index in [-0.39, 0.29) is 17.5 Å². The standard InChI is InChI=1S/C29H26Cl2FN3O3/c1-33(16-19-2-6-21(30)7-3-19)29(37)24-18-35(17-20-4-8-22(31)9-5-20)26-15-27(34-10-12-38-13-11-34)25(32)14-23(26)28(24)36/h2-9,14-15,18H,10-13,16-17H2,1H3. The van der Waals surface area contributed by atoms with Crippen LogP contribution in [0.4, 0.5) is 10.1 Å². The van der Waals surface area contributed by atoms with Crippen LogP contribution in [0.1, 0.15) is 21.5 Å². The van der Waals surface area contributed by atoms with Crippen LogP contribution in [0.15, 0.2) is 71.7 Å². The first-order valence-corrected chi connectivity index (χ1v) is 13.0. The predicted molar refractivity (Wildman–Crippen MR) is 149 cm³/mol. The second kappa shape index (κ2) is 11.2. The number of benzene rings is 3. The lowest BCUT2D eigenvalue weighted by molar-refractivity contribution is 0.0783. The number of amides is 1. The molecule has 0 saturated carbocycles. The topological polar surface area (TPSA) is 54.8 Å². The Hall–Kier alpha value is -3.39. The molecule has 0 aliphatic carbocycles. The summed E-state index contributed by atoms with van der Waals surface area (Å²) in [5, 5.41) is 1.36. The summed E-state index contributed by atoms with van der Waals surface area (Å²) >= 11 is 12.0. The van der Waals surface area contributed by atoms with Gasteiger partial charge in [0.25, 0.3) is 5.91 Å². The molecule has 0 radical (unpaired) electrons. The van der Waals surface area contributed by atoms with Gasteiger partial charge in [-0.1, -0.05) is 47.5 Å². The summed E-state index contributed by atoms with van der Waals surface area (Å²) in [5.74, 6) is -0.956. The molecule has 1 fully saturated rings. The lowest BCUT2D eigenvalue weighted by Crippen LogP contribution is -2.37. The van der Waals surface area contributed by atoms with Crippen molar-refractivity contribution in [2.45, 2.75) is 13.1 Å². The van der Waals surface area contributed by atoms with E-state index in [2.05, 4.69) is 0 Å². The van der Waals surface area contributed by atoms with Crippen LogP contribution in [-0.4, -0.2) is 48.7 Å². The number of rotatable bonds is 6. The number of halogens is 3. The molecule has 0 N–H and O–H groups in total. The third-order valence-corrected chi connectivity index (χ3v) is 7.18. The fourth-order valence-corrected chi connectivity index (χ4v) is 4.91. The number of morpholine rings is 1. The van der Waals surface area contributed by atoms with Crippen molar-refractivity contribution in [3.63, 3.8) is 0 Å². The van der Waals surface area contributed by atoms with E-state index >= 15 is 4.39 Å². The van der Waals surface area contributed by atoms with Crippen LogP contribution < -0.4 is 10.3 Å². The number of carbonyl (C=O) groups excluding carboxylic acids is 1. The average molecular weight is 554 g/mol. The first-order chi connectivity index (χ1) is 18.3. The van der Waals surface area contributed by atoms with Crippen molar-refractivity contribution in [3.8, 4) is 0 Å².